The van der Waals surface area contributed by atoms with Crippen LogP contribution in [0.25, 0.3) is 0 Å². The molecule has 0 aliphatic heterocycles. The molecule has 1 fully saturated rings. The Morgan fingerprint density at radius 2 is 1.43 bits per heavy atom. The van der Waals surface area contributed by atoms with Gasteiger partial charge in [0.05, 0.1) is 15.9 Å². The molecule has 2 aromatic rings. The van der Waals surface area contributed by atoms with Crippen LogP contribution >= 0.6 is 0 Å². The van der Waals surface area contributed by atoms with Crippen LogP contribution in [0.3, 0.4) is 0 Å². The lowest BCUT2D eigenvalue weighted by Crippen LogP contribution is -2.34. The minimum absolute atomic E-state index is 0.0219. The van der Waals surface area contributed by atoms with Gasteiger partial charge in [-0.05, 0) is 56.2 Å². The summed E-state index contributed by atoms with van der Waals surface area (Å²) in [5.41, 5.74) is 1.13. The first-order valence-corrected chi connectivity index (χ1v) is 12.5. The van der Waals surface area contributed by atoms with E-state index in [-0.39, 0.29) is 21.6 Å². The Balaban J connectivity index is 1.62. The number of aryl methyl sites for hydroxylation is 1. The Labute approximate surface area is 176 Å². The third kappa shape index (κ3) is 5.80. The summed E-state index contributed by atoms with van der Waals surface area (Å²) in [7, 11) is -7.92. The van der Waals surface area contributed by atoms with Gasteiger partial charge < -0.3 is 5.32 Å². The molecule has 0 saturated heterocycles. The molecule has 0 spiro atoms. The van der Waals surface area contributed by atoms with Crippen LogP contribution in [0.15, 0.2) is 58.3 Å². The number of carbonyl (C=O) groups is 1. The van der Waals surface area contributed by atoms with E-state index in [1.165, 1.54) is 36.4 Å². The highest BCUT2D eigenvalue weighted by molar-refractivity contribution is 7.90. The van der Waals surface area contributed by atoms with Crippen molar-refractivity contribution in [3.8, 4) is 0 Å². The minimum atomic E-state index is -4.02. The van der Waals surface area contributed by atoms with Gasteiger partial charge in [0.1, 0.15) is 0 Å². The molecule has 30 heavy (non-hydrogen) atoms. The topological polar surface area (TPSA) is 119 Å². The van der Waals surface area contributed by atoms with Gasteiger partial charge in [0.25, 0.3) is 20.1 Å². The van der Waals surface area contributed by atoms with E-state index in [2.05, 4.69) is 5.32 Å². The Hall–Kier alpha value is -2.43. The molecule has 1 aliphatic carbocycles. The highest BCUT2D eigenvalue weighted by Crippen LogP contribution is 2.25. The highest BCUT2D eigenvalue weighted by atomic mass is 32.2. The number of anilines is 1. The molecule has 2 aromatic carbocycles. The summed E-state index contributed by atoms with van der Waals surface area (Å²) in [6.45, 7) is 1.82. The number of hydrogen-bond donors (Lipinski definition) is 2. The van der Waals surface area contributed by atoms with Crippen LogP contribution in [-0.2, 0) is 24.3 Å². The van der Waals surface area contributed by atoms with E-state index in [4.69, 9.17) is 4.18 Å². The lowest BCUT2D eigenvalue weighted by molar-refractivity contribution is 0.162. The van der Waals surface area contributed by atoms with Crippen molar-refractivity contribution in [2.45, 2.75) is 54.9 Å². The summed E-state index contributed by atoms with van der Waals surface area (Å²) in [5.74, 6) is 0. The van der Waals surface area contributed by atoms with Crippen molar-refractivity contribution in [2.24, 2.45) is 0 Å². The molecule has 162 valence electrons. The number of urea groups is 1. The van der Waals surface area contributed by atoms with Gasteiger partial charge in [-0.15, -0.1) is 0 Å². The van der Waals surface area contributed by atoms with E-state index in [9.17, 15) is 21.6 Å². The summed E-state index contributed by atoms with van der Waals surface area (Å²) in [5, 5.41) is 2.37. The summed E-state index contributed by atoms with van der Waals surface area (Å²) < 4.78 is 56.5. The molecule has 10 heteroatoms. The fourth-order valence-electron chi connectivity index (χ4n) is 3.16. The van der Waals surface area contributed by atoms with Crippen LogP contribution in [0.1, 0.15) is 37.7 Å². The molecule has 0 aromatic heterocycles. The number of nitrogens with one attached hydrogen (secondary N) is 2. The third-order valence-electron chi connectivity index (χ3n) is 4.77. The SMILES string of the molecule is Cc1ccc(S(=O)(=O)NC(=O)Nc2ccc(S(=O)(=O)OC3CCCCC3)cc2)cc1. The van der Waals surface area contributed by atoms with E-state index >= 15 is 0 Å². The van der Waals surface area contributed by atoms with Crippen LogP contribution in [-0.4, -0.2) is 29.0 Å². The van der Waals surface area contributed by atoms with Crippen molar-refractivity contribution in [3.63, 3.8) is 0 Å². The first kappa shape index (κ1) is 22.3. The van der Waals surface area contributed by atoms with Crippen molar-refractivity contribution in [2.75, 3.05) is 5.32 Å². The zero-order chi connectivity index (χ0) is 21.8. The van der Waals surface area contributed by atoms with E-state index in [1.54, 1.807) is 12.1 Å². The molecule has 1 saturated carbocycles. The Morgan fingerprint density at radius 1 is 0.867 bits per heavy atom. The molecule has 0 atom stereocenters. The van der Waals surface area contributed by atoms with E-state index in [1.807, 2.05) is 11.6 Å². The first-order chi connectivity index (χ1) is 14.2. The lowest BCUT2D eigenvalue weighted by Gasteiger charge is -2.21. The summed E-state index contributed by atoms with van der Waals surface area (Å²) >= 11 is 0. The fourth-order valence-corrected chi connectivity index (χ4v) is 5.19. The second kappa shape index (κ2) is 9.15. The molecule has 3 rings (SSSR count). The van der Waals surface area contributed by atoms with E-state index in [0.29, 0.717) is 12.8 Å². The van der Waals surface area contributed by atoms with Crippen molar-refractivity contribution in [3.05, 3.63) is 54.1 Å². The van der Waals surface area contributed by atoms with Gasteiger partial charge >= 0.3 is 6.03 Å². The number of sulfonamides is 1. The monoisotopic (exact) mass is 452 g/mol. The number of rotatable bonds is 6. The zero-order valence-corrected chi connectivity index (χ0v) is 18.1. The molecular weight excluding hydrogens is 428 g/mol. The van der Waals surface area contributed by atoms with Crippen LogP contribution in [0.2, 0.25) is 0 Å². The van der Waals surface area contributed by atoms with Crippen molar-refractivity contribution < 1.29 is 25.8 Å². The van der Waals surface area contributed by atoms with Gasteiger partial charge in [-0.1, -0.05) is 37.0 Å². The maximum Gasteiger partial charge on any atom is 0.333 e. The molecular formula is C20H24N2O6S2. The standard InChI is InChI=1S/C20H24N2O6S2/c1-15-7-11-18(12-8-15)29(24,25)22-20(23)21-16-9-13-19(14-10-16)30(26,27)28-17-5-3-2-4-6-17/h7-14,17H,2-6H2,1H3,(H2,21,22,23). The van der Waals surface area contributed by atoms with Gasteiger partial charge in [-0.2, -0.15) is 8.42 Å². The quantitative estimate of drug-likeness (QED) is 0.647. The second-order valence-corrected chi connectivity index (χ2v) is 10.5. The minimum Gasteiger partial charge on any atom is -0.307 e. The average molecular weight is 453 g/mol. The molecule has 0 unspecified atom stereocenters. The molecule has 8 nitrogen and oxygen atoms in total. The van der Waals surface area contributed by atoms with Gasteiger partial charge in [-0.25, -0.2) is 17.9 Å². The first-order valence-electron chi connectivity index (χ1n) is 9.59. The normalized spacial score (nSPS) is 15.5. The predicted octanol–water partition coefficient (Wildman–Crippen LogP) is 3.54. The summed E-state index contributed by atoms with van der Waals surface area (Å²) in [6, 6.07) is 10.5. The molecule has 2 amide bonds. The number of hydrogen-bond acceptors (Lipinski definition) is 6. The van der Waals surface area contributed by atoms with Gasteiger partial charge in [0, 0.05) is 5.69 Å². The van der Waals surface area contributed by atoms with Crippen LogP contribution in [0.5, 0.6) is 0 Å². The Kier molecular flexibility index (Phi) is 6.79. The smallest absolute Gasteiger partial charge is 0.307 e. The molecule has 0 heterocycles. The van der Waals surface area contributed by atoms with Crippen molar-refractivity contribution in [1.29, 1.82) is 0 Å². The van der Waals surface area contributed by atoms with Gasteiger partial charge in [0.2, 0.25) is 0 Å². The Morgan fingerprint density at radius 3 is 2.03 bits per heavy atom. The summed E-state index contributed by atoms with van der Waals surface area (Å²) in [4.78, 5) is 12.0. The van der Waals surface area contributed by atoms with Gasteiger partial charge in [0.15, 0.2) is 0 Å². The van der Waals surface area contributed by atoms with Crippen LogP contribution in [0.4, 0.5) is 10.5 Å². The maximum atomic E-state index is 12.4. The van der Waals surface area contributed by atoms with Crippen LogP contribution < -0.4 is 10.0 Å². The molecule has 0 bridgehead atoms. The van der Waals surface area contributed by atoms with Crippen molar-refractivity contribution in [1.82, 2.24) is 4.72 Å². The largest absolute Gasteiger partial charge is 0.333 e. The second-order valence-electron chi connectivity index (χ2n) is 7.21. The van der Waals surface area contributed by atoms with Crippen molar-refractivity contribution >= 4 is 31.9 Å². The molecule has 1 aliphatic rings. The average Bonchev–Trinajstić information content (AvgIpc) is 2.68. The van der Waals surface area contributed by atoms with E-state index in [0.717, 1.165) is 24.8 Å². The number of benzene rings is 2. The van der Waals surface area contributed by atoms with Crippen LogP contribution in [0, 0.1) is 6.92 Å². The highest BCUT2D eigenvalue weighted by Gasteiger charge is 2.23. The van der Waals surface area contributed by atoms with Gasteiger partial charge in [-0.3, -0.25) is 4.18 Å². The van der Waals surface area contributed by atoms with E-state index < -0.39 is 26.2 Å². The predicted molar refractivity (Wildman–Crippen MR) is 112 cm³/mol. The lowest BCUT2D eigenvalue weighted by atomic mass is 9.98. The fraction of sp³-hybridized carbons (Fsp3) is 0.350. The third-order valence-corrected chi connectivity index (χ3v) is 7.50. The number of amides is 2. The Bertz CT molecular complexity index is 1090. The zero-order valence-electron chi connectivity index (χ0n) is 16.5. The summed E-state index contributed by atoms with van der Waals surface area (Å²) in [6.07, 6.45) is 4.11. The molecule has 0 radical (unpaired) electrons. The molecule has 2 N–H and O–H groups in total. The number of carbonyl (C=O) groups excluding carboxylic acids is 1. The maximum absolute atomic E-state index is 12.4.